The zero-order valence-electron chi connectivity index (χ0n) is 11.2. The van der Waals surface area contributed by atoms with Crippen LogP contribution in [0.3, 0.4) is 0 Å². The molecule has 2 N–H and O–H groups in total. The van der Waals surface area contributed by atoms with Gasteiger partial charge in [0.25, 0.3) is 0 Å². The molecule has 0 bridgehead atoms. The molecule has 0 aliphatic heterocycles. The molecule has 134 valence electrons. The fourth-order valence-electron chi connectivity index (χ4n) is 2.11. The highest BCUT2D eigenvalue weighted by Gasteiger charge is 2.80. The van der Waals surface area contributed by atoms with Crippen molar-refractivity contribution >= 4 is 0 Å². The average molecular weight is 365 g/mol. The van der Waals surface area contributed by atoms with E-state index in [9.17, 15) is 60.7 Å². The van der Waals surface area contributed by atoms with E-state index in [0.717, 1.165) is 0 Å². The highest BCUT2D eigenvalue weighted by Crippen LogP contribution is 2.39. The summed E-state index contributed by atoms with van der Waals surface area (Å²) in [5.74, 6) is 0. The molecule has 2 unspecified atom stereocenters. The van der Waals surface area contributed by atoms with Gasteiger partial charge in [0.1, 0.15) is 0 Å². The minimum atomic E-state index is -4.11. The number of nitrogens with two attached hydrogens (primary N) is 1. The molecule has 0 spiro atoms. The fourth-order valence-corrected chi connectivity index (χ4v) is 2.11. The molecule has 0 saturated carbocycles. The molecular formula is C6H3N7O12. The van der Waals surface area contributed by atoms with E-state index >= 15 is 0 Å². The summed E-state index contributed by atoms with van der Waals surface area (Å²) >= 11 is 0. The van der Waals surface area contributed by atoms with Crippen molar-refractivity contribution in [1.29, 1.82) is 0 Å². The van der Waals surface area contributed by atoms with Crippen LogP contribution in [-0.2, 0) is 0 Å². The van der Waals surface area contributed by atoms with Crippen molar-refractivity contribution < 1.29 is 29.5 Å². The summed E-state index contributed by atoms with van der Waals surface area (Å²) in [4.78, 5) is 54.8. The van der Waals surface area contributed by atoms with E-state index in [1.165, 1.54) is 0 Å². The topological polar surface area (TPSA) is 285 Å². The summed E-state index contributed by atoms with van der Waals surface area (Å²) in [5, 5.41) is 66.1. The van der Waals surface area contributed by atoms with Gasteiger partial charge in [-0.15, -0.1) is 0 Å². The van der Waals surface area contributed by atoms with Crippen LogP contribution in [-0.4, -0.2) is 41.2 Å². The lowest BCUT2D eigenvalue weighted by molar-refractivity contribution is -0.680. The summed E-state index contributed by atoms with van der Waals surface area (Å²) < 4.78 is 0. The summed E-state index contributed by atoms with van der Waals surface area (Å²) in [5.41, 5.74) is -8.21. The van der Waals surface area contributed by atoms with Gasteiger partial charge in [0.15, 0.2) is 0 Å². The van der Waals surface area contributed by atoms with Gasteiger partial charge >= 0.3 is 34.5 Å². The van der Waals surface area contributed by atoms with E-state index in [0.29, 0.717) is 0 Å². The normalized spacial score (nSPS) is 23.2. The van der Waals surface area contributed by atoms with E-state index in [2.05, 4.69) is 0 Å². The Labute approximate surface area is 131 Å². The summed E-state index contributed by atoms with van der Waals surface area (Å²) in [6.45, 7) is 0. The summed E-state index contributed by atoms with van der Waals surface area (Å²) in [6, 6.07) is -3.44. The SMILES string of the molecule is NC1([N+](=O)[O-])C([N+](=O)[O-])=C([N+](=O)[O-])C([N+](=O)[O-])=C([N+](=O)[O-])C1[N+](=O)[O-]. The molecule has 0 aromatic rings. The molecule has 25 heavy (non-hydrogen) atoms. The number of hydrogen-bond acceptors (Lipinski definition) is 13. The molecule has 0 fully saturated rings. The largest absolute Gasteiger partial charge is 0.446 e. The van der Waals surface area contributed by atoms with Crippen molar-refractivity contribution in [2.24, 2.45) is 5.73 Å². The molecule has 19 nitrogen and oxygen atoms in total. The van der Waals surface area contributed by atoms with Crippen LogP contribution in [0.15, 0.2) is 22.8 Å². The molecule has 19 heteroatoms. The minimum absolute atomic E-state index is 1.84. The van der Waals surface area contributed by atoms with Gasteiger partial charge in [-0.25, -0.2) is 5.73 Å². The van der Waals surface area contributed by atoms with Crippen molar-refractivity contribution in [3.8, 4) is 0 Å². The van der Waals surface area contributed by atoms with Gasteiger partial charge in [0.2, 0.25) is 0 Å². The number of hydrogen-bond donors (Lipinski definition) is 1. The lowest BCUT2D eigenvalue weighted by Gasteiger charge is -2.21. The van der Waals surface area contributed by atoms with E-state index < -0.39 is 64.0 Å². The Kier molecular flexibility index (Phi) is 4.38. The van der Waals surface area contributed by atoms with Crippen LogP contribution < -0.4 is 5.73 Å². The standard InChI is InChI=1S/C6H3N7O12/c7-6(13(24)25)4(11(20)21)2(9(16)17)1(8(14)15)3(10(18)19)5(6)12(22)23/h4H,7H2. The van der Waals surface area contributed by atoms with Crippen LogP contribution in [0.2, 0.25) is 0 Å². The Balaban J connectivity index is 4.32. The van der Waals surface area contributed by atoms with Crippen LogP contribution in [0.4, 0.5) is 0 Å². The predicted molar refractivity (Wildman–Crippen MR) is 66.7 cm³/mol. The number of rotatable bonds is 6. The molecule has 0 heterocycles. The quantitative estimate of drug-likeness (QED) is 0.306. The molecule has 1 aliphatic rings. The van der Waals surface area contributed by atoms with Crippen LogP contribution in [0, 0.1) is 60.7 Å². The number of nitro groups is 6. The summed E-state index contributed by atoms with van der Waals surface area (Å²) in [7, 11) is 0. The molecule has 0 radical (unpaired) electrons. The van der Waals surface area contributed by atoms with E-state index in [1.807, 2.05) is 0 Å². The van der Waals surface area contributed by atoms with E-state index in [-0.39, 0.29) is 0 Å². The molecule has 0 aromatic carbocycles. The van der Waals surface area contributed by atoms with E-state index in [1.54, 1.807) is 0 Å². The maximum absolute atomic E-state index is 11.1. The third-order valence-corrected chi connectivity index (χ3v) is 3.00. The molecule has 0 amide bonds. The minimum Gasteiger partial charge on any atom is -0.263 e. The van der Waals surface area contributed by atoms with Gasteiger partial charge in [-0.1, -0.05) is 0 Å². The van der Waals surface area contributed by atoms with Gasteiger partial charge in [0.05, 0.1) is 24.6 Å². The first-order chi connectivity index (χ1) is 11.3. The first kappa shape index (κ1) is 18.9. The molecule has 0 saturated heterocycles. The van der Waals surface area contributed by atoms with Gasteiger partial charge in [0, 0.05) is 4.92 Å². The van der Waals surface area contributed by atoms with Crippen LogP contribution >= 0.6 is 0 Å². The first-order valence-corrected chi connectivity index (χ1v) is 5.43. The van der Waals surface area contributed by atoms with Crippen LogP contribution in [0.25, 0.3) is 0 Å². The van der Waals surface area contributed by atoms with Gasteiger partial charge < -0.3 is 0 Å². The summed E-state index contributed by atoms with van der Waals surface area (Å²) in [6.07, 6.45) is 0. The smallest absolute Gasteiger partial charge is 0.263 e. The Morgan fingerprint density at radius 2 is 1.16 bits per heavy atom. The highest BCUT2D eigenvalue weighted by molar-refractivity contribution is 5.37. The lowest BCUT2D eigenvalue weighted by Crippen LogP contribution is -2.66. The van der Waals surface area contributed by atoms with Crippen molar-refractivity contribution in [2.45, 2.75) is 11.7 Å². The monoisotopic (exact) mass is 365 g/mol. The zero-order valence-corrected chi connectivity index (χ0v) is 11.2. The predicted octanol–water partition coefficient (Wildman–Crippen LogP) is -1.89. The molecule has 0 aromatic heterocycles. The van der Waals surface area contributed by atoms with Gasteiger partial charge in [-0.2, -0.15) is 0 Å². The lowest BCUT2D eigenvalue weighted by atomic mass is 9.87. The molecular weight excluding hydrogens is 362 g/mol. The van der Waals surface area contributed by atoms with Crippen molar-refractivity contribution in [2.75, 3.05) is 0 Å². The third kappa shape index (κ3) is 2.54. The third-order valence-electron chi connectivity index (χ3n) is 3.00. The molecule has 2 atom stereocenters. The van der Waals surface area contributed by atoms with Gasteiger partial charge in [-0.3, -0.25) is 60.7 Å². The first-order valence-electron chi connectivity index (χ1n) is 5.43. The van der Waals surface area contributed by atoms with E-state index in [4.69, 9.17) is 5.73 Å². The van der Waals surface area contributed by atoms with Crippen molar-refractivity contribution in [3.05, 3.63) is 83.5 Å². The maximum Gasteiger partial charge on any atom is 0.446 e. The Hall–Kier alpha value is -4.16. The van der Waals surface area contributed by atoms with Crippen LogP contribution in [0.5, 0.6) is 0 Å². The Morgan fingerprint density at radius 1 is 0.720 bits per heavy atom. The zero-order chi connectivity index (χ0) is 19.9. The van der Waals surface area contributed by atoms with Crippen LogP contribution in [0.1, 0.15) is 0 Å². The Morgan fingerprint density at radius 3 is 1.40 bits per heavy atom. The molecule has 1 rings (SSSR count). The number of nitrogens with zero attached hydrogens (tertiary/aromatic N) is 6. The van der Waals surface area contributed by atoms with Crippen molar-refractivity contribution in [1.82, 2.24) is 0 Å². The second-order valence-electron chi connectivity index (χ2n) is 4.23. The van der Waals surface area contributed by atoms with Crippen molar-refractivity contribution in [3.63, 3.8) is 0 Å². The van der Waals surface area contributed by atoms with Gasteiger partial charge in [-0.05, 0) is 0 Å². The maximum atomic E-state index is 11.1. The Bertz CT molecular complexity index is 811. The fraction of sp³-hybridized carbons (Fsp3) is 0.333. The molecule has 1 aliphatic carbocycles. The highest BCUT2D eigenvalue weighted by atomic mass is 16.7. The second-order valence-corrected chi connectivity index (χ2v) is 4.23. The second kappa shape index (κ2) is 5.80. The average Bonchev–Trinajstić information content (AvgIpc) is 2.43.